The quantitative estimate of drug-likeness (QED) is 0.553. The van der Waals surface area contributed by atoms with Crippen LogP contribution in [-0.4, -0.2) is 22.9 Å². The highest BCUT2D eigenvalue weighted by atomic mass is 16.3. The highest BCUT2D eigenvalue weighted by Crippen LogP contribution is 2.08. The minimum absolute atomic E-state index is 0.186. The van der Waals surface area contributed by atoms with Crippen LogP contribution in [0.25, 0.3) is 0 Å². The molecule has 0 fully saturated rings. The summed E-state index contributed by atoms with van der Waals surface area (Å²) in [5, 5.41) is 17.9. The first-order chi connectivity index (χ1) is 5.81. The lowest BCUT2D eigenvalue weighted by molar-refractivity contribution is 0.138. The Morgan fingerprint density at radius 1 is 1.00 bits per heavy atom. The molecule has 0 aromatic rings. The highest BCUT2D eigenvalue weighted by molar-refractivity contribution is 4.55. The minimum atomic E-state index is -0.186. The molecular weight excluding hydrogens is 152 g/mol. The van der Waals surface area contributed by atoms with Crippen LogP contribution in [0.15, 0.2) is 0 Å². The fraction of sp³-hybridized carbons (Fsp3) is 1.00. The zero-order chi connectivity index (χ0) is 9.23. The fourth-order valence-electron chi connectivity index (χ4n) is 1.28. The number of hydrogen-bond acceptors (Lipinski definition) is 2. The van der Waals surface area contributed by atoms with E-state index >= 15 is 0 Å². The van der Waals surface area contributed by atoms with Gasteiger partial charge in [0.1, 0.15) is 0 Å². The fourth-order valence-corrected chi connectivity index (χ4v) is 1.28. The highest BCUT2D eigenvalue weighted by Gasteiger charge is 2.02. The number of aliphatic hydroxyl groups is 2. The molecule has 2 N–H and O–H groups in total. The van der Waals surface area contributed by atoms with Gasteiger partial charge in [-0.15, -0.1) is 0 Å². The van der Waals surface area contributed by atoms with Crippen molar-refractivity contribution in [3.05, 3.63) is 0 Å². The van der Waals surface area contributed by atoms with Gasteiger partial charge in [0, 0.05) is 6.61 Å². The van der Waals surface area contributed by atoms with Crippen LogP contribution in [0.5, 0.6) is 0 Å². The van der Waals surface area contributed by atoms with E-state index in [1.807, 2.05) is 0 Å². The molecule has 2 nitrogen and oxygen atoms in total. The van der Waals surface area contributed by atoms with Crippen LogP contribution in [0.1, 0.15) is 51.9 Å². The molecular formula is C10H22O2. The van der Waals surface area contributed by atoms with Gasteiger partial charge in [-0.2, -0.15) is 0 Å². The van der Waals surface area contributed by atoms with Crippen LogP contribution in [0.2, 0.25) is 0 Å². The summed E-state index contributed by atoms with van der Waals surface area (Å²) >= 11 is 0. The molecule has 0 bridgehead atoms. The first-order valence-corrected chi connectivity index (χ1v) is 5.10. The number of hydrogen-bond donors (Lipinski definition) is 2. The first kappa shape index (κ1) is 11.9. The summed E-state index contributed by atoms with van der Waals surface area (Å²) in [4.78, 5) is 0. The van der Waals surface area contributed by atoms with Crippen LogP contribution in [0, 0.1) is 0 Å². The van der Waals surface area contributed by atoms with Gasteiger partial charge < -0.3 is 10.2 Å². The molecule has 1 unspecified atom stereocenters. The van der Waals surface area contributed by atoms with Crippen molar-refractivity contribution in [3.63, 3.8) is 0 Å². The van der Waals surface area contributed by atoms with Crippen molar-refractivity contribution < 1.29 is 10.2 Å². The molecule has 0 spiro atoms. The van der Waals surface area contributed by atoms with Crippen LogP contribution in [0.4, 0.5) is 0 Å². The second kappa shape index (κ2) is 9.01. The van der Waals surface area contributed by atoms with Crippen LogP contribution in [0.3, 0.4) is 0 Å². The molecule has 0 aromatic carbocycles. The Balaban J connectivity index is 3.02. The van der Waals surface area contributed by atoms with Crippen LogP contribution in [-0.2, 0) is 0 Å². The standard InChI is InChI=1S/C10H22O2/c1-2-3-4-5-7-10(12)8-6-9-11/h10-12H,2-9H2,1H3. The SMILES string of the molecule is CCCCCCC(O)CCCO. The van der Waals surface area contributed by atoms with E-state index < -0.39 is 0 Å². The lowest BCUT2D eigenvalue weighted by atomic mass is 10.1. The first-order valence-electron chi connectivity index (χ1n) is 5.10. The van der Waals surface area contributed by atoms with Crippen molar-refractivity contribution >= 4 is 0 Å². The van der Waals surface area contributed by atoms with Crippen molar-refractivity contribution in [1.82, 2.24) is 0 Å². The van der Waals surface area contributed by atoms with Crippen molar-refractivity contribution in [2.24, 2.45) is 0 Å². The Morgan fingerprint density at radius 2 is 1.67 bits per heavy atom. The van der Waals surface area contributed by atoms with Gasteiger partial charge in [-0.25, -0.2) is 0 Å². The summed E-state index contributed by atoms with van der Waals surface area (Å²) in [5.41, 5.74) is 0. The van der Waals surface area contributed by atoms with Crippen molar-refractivity contribution in [2.75, 3.05) is 6.61 Å². The zero-order valence-corrected chi connectivity index (χ0v) is 8.13. The number of rotatable bonds is 8. The second-order valence-electron chi connectivity index (χ2n) is 3.37. The van der Waals surface area contributed by atoms with Gasteiger partial charge in [0.25, 0.3) is 0 Å². The normalized spacial score (nSPS) is 13.2. The predicted octanol–water partition coefficient (Wildman–Crippen LogP) is 2.09. The molecule has 0 heterocycles. The van der Waals surface area contributed by atoms with Crippen molar-refractivity contribution in [2.45, 2.75) is 58.0 Å². The minimum Gasteiger partial charge on any atom is -0.396 e. The van der Waals surface area contributed by atoms with E-state index in [9.17, 15) is 5.11 Å². The van der Waals surface area contributed by atoms with Crippen molar-refractivity contribution in [3.8, 4) is 0 Å². The van der Waals surface area contributed by atoms with E-state index in [0.29, 0.717) is 0 Å². The summed E-state index contributed by atoms with van der Waals surface area (Å²) < 4.78 is 0. The zero-order valence-electron chi connectivity index (χ0n) is 8.13. The molecule has 74 valence electrons. The number of aliphatic hydroxyl groups excluding tert-OH is 2. The smallest absolute Gasteiger partial charge is 0.0541 e. The van der Waals surface area contributed by atoms with E-state index in [1.165, 1.54) is 19.3 Å². The van der Waals surface area contributed by atoms with E-state index in [4.69, 9.17) is 5.11 Å². The van der Waals surface area contributed by atoms with Gasteiger partial charge >= 0.3 is 0 Å². The molecule has 0 aliphatic carbocycles. The van der Waals surface area contributed by atoms with E-state index in [0.717, 1.165) is 25.7 Å². The summed E-state index contributed by atoms with van der Waals surface area (Å²) in [7, 11) is 0. The van der Waals surface area contributed by atoms with Crippen molar-refractivity contribution in [1.29, 1.82) is 0 Å². The van der Waals surface area contributed by atoms with Crippen LogP contribution >= 0.6 is 0 Å². The average Bonchev–Trinajstić information content (AvgIpc) is 2.09. The third kappa shape index (κ3) is 8.02. The average molecular weight is 174 g/mol. The van der Waals surface area contributed by atoms with E-state index in [2.05, 4.69) is 6.92 Å². The summed E-state index contributed by atoms with van der Waals surface area (Å²) in [6.07, 6.45) is 7.07. The maximum absolute atomic E-state index is 9.37. The summed E-state index contributed by atoms with van der Waals surface area (Å²) in [5.74, 6) is 0. The van der Waals surface area contributed by atoms with Gasteiger partial charge in [0.15, 0.2) is 0 Å². The molecule has 12 heavy (non-hydrogen) atoms. The molecule has 2 heteroatoms. The molecule has 0 aliphatic heterocycles. The Morgan fingerprint density at radius 3 is 2.25 bits per heavy atom. The molecule has 0 radical (unpaired) electrons. The topological polar surface area (TPSA) is 40.5 Å². The third-order valence-electron chi connectivity index (χ3n) is 2.09. The Bertz CT molecular complexity index is 83.9. The maximum Gasteiger partial charge on any atom is 0.0541 e. The summed E-state index contributed by atoms with van der Waals surface area (Å²) in [6, 6.07) is 0. The van der Waals surface area contributed by atoms with Gasteiger partial charge in [-0.3, -0.25) is 0 Å². The molecule has 0 saturated carbocycles. The largest absolute Gasteiger partial charge is 0.396 e. The lowest BCUT2D eigenvalue weighted by Crippen LogP contribution is -2.06. The molecule has 0 rings (SSSR count). The Kier molecular flexibility index (Phi) is 8.95. The second-order valence-corrected chi connectivity index (χ2v) is 3.37. The van der Waals surface area contributed by atoms with Gasteiger partial charge in [-0.1, -0.05) is 32.6 Å². The molecule has 0 aliphatic rings. The van der Waals surface area contributed by atoms with E-state index in [1.54, 1.807) is 0 Å². The number of unbranched alkanes of at least 4 members (excludes halogenated alkanes) is 3. The monoisotopic (exact) mass is 174 g/mol. The molecule has 0 aromatic heterocycles. The maximum atomic E-state index is 9.37. The van der Waals surface area contributed by atoms with E-state index in [-0.39, 0.29) is 12.7 Å². The predicted molar refractivity (Wildman–Crippen MR) is 51.1 cm³/mol. The molecule has 1 atom stereocenters. The van der Waals surface area contributed by atoms with Gasteiger partial charge in [0.05, 0.1) is 6.10 Å². The third-order valence-corrected chi connectivity index (χ3v) is 2.09. The molecule has 0 amide bonds. The van der Waals surface area contributed by atoms with Gasteiger partial charge in [0.2, 0.25) is 0 Å². The summed E-state index contributed by atoms with van der Waals surface area (Å²) in [6.45, 7) is 2.38. The Hall–Kier alpha value is -0.0800. The lowest BCUT2D eigenvalue weighted by Gasteiger charge is -2.08. The van der Waals surface area contributed by atoms with Gasteiger partial charge in [-0.05, 0) is 19.3 Å². The molecule has 0 saturated heterocycles. The Labute approximate surface area is 75.6 Å². The van der Waals surface area contributed by atoms with Crippen LogP contribution < -0.4 is 0 Å².